The highest BCUT2D eigenvalue weighted by molar-refractivity contribution is 6.10. The van der Waals surface area contributed by atoms with Crippen molar-refractivity contribution in [1.29, 1.82) is 0 Å². The Kier molecular flexibility index (Phi) is 6.08. The van der Waals surface area contributed by atoms with Crippen molar-refractivity contribution in [2.75, 3.05) is 17.2 Å². The summed E-state index contributed by atoms with van der Waals surface area (Å²) in [6.07, 6.45) is 0.198. The number of esters is 1. The molecular weight excluding hydrogens is 308 g/mol. The molecule has 0 aliphatic carbocycles. The van der Waals surface area contributed by atoms with Gasteiger partial charge in [-0.2, -0.15) is 0 Å². The minimum atomic E-state index is -0.503. The number of carbonyl (C=O) groups excluding carboxylic acids is 3. The van der Waals surface area contributed by atoms with Crippen LogP contribution in [0.2, 0.25) is 0 Å². The Hall–Kier alpha value is -3.15. The molecule has 6 heteroatoms. The van der Waals surface area contributed by atoms with Crippen molar-refractivity contribution in [2.45, 2.75) is 13.3 Å². The zero-order valence-electron chi connectivity index (χ0n) is 13.2. The predicted octanol–water partition coefficient (Wildman–Crippen LogP) is 2.83. The summed E-state index contributed by atoms with van der Waals surface area (Å²) in [5.74, 6) is -1.31. The van der Waals surface area contributed by atoms with Gasteiger partial charge in [0.05, 0.1) is 11.3 Å². The quantitative estimate of drug-likeness (QED) is 0.800. The molecule has 0 spiro atoms. The molecule has 0 bridgehead atoms. The minimum Gasteiger partial charge on any atom is -0.456 e. The maximum atomic E-state index is 12.4. The van der Waals surface area contributed by atoms with Crippen LogP contribution in [0.25, 0.3) is 0 Å². The first-order valence-corrected chi connectivity index (χ1v) is 7.51. The molecule has 0 aliphatic rings. The highest BCUT2D eigenvalue weighted by Crippen LogP contribution is 2.17. The van der Waals surface area contributed by atoms with Crippen LogP contribution in [0.4, 0.5) is 11.4 Å². The number of amides is 2. The first kappa shape index (κ1) is 17.2. The number of rotatable bonds is 6. The predicted molar refractivity (Wildman–Crippen MR) is 90.7 cm³/mol. The van der Waals surface area contributed by atoms with Gasteiger partial charge in [-0.15, -0.1) is 0 Å². The lowest BCUT2D eigenvalue weighted by atomic mass is 10.1. The molecule has 0 fully saturated rings. The average molecular weight is 326 g/mol. The van der Waals surface area contributed by atoms with E-state index in [1.54, 1.807) is 43.3 Å². The van der Waals surface area contributed by atoms with Crippen LogP contribution in [0, 0.1) is 0 Å². The van der Waals surface area contributed by atoms with Gasteiger partial charge in [0, 0.05) is 12.1 Å². The molecule has 0 saturated carbocycles. The standard InChI is InChI=1S/C18H18N2O4/c1-2-17(22)24-12-16(21)20-15-11-7-6-10-14(15)18(23)19-13-8-4-3-5-9-13/h3-11H,2,12H2,1H3,(H,19,23)(H,20,21). The van der Waals surface area contributed by atoms with E-state index in [1.165, 1.54) is 0 Å². The molecule has 124 valence electrons. The van der Waals surface area contributed by atoms with Crippen molar-refractivity contribution in [3.05, 3.63) is 60.2 Å². The molecule has 0 saturated heterocycles. The lowest BCUT2D eigenvalue weighted by Crippen LogP contribution is -2.22. The first-order chi connectivity index (χ1) is 11.6. The van der Waals surface area contributed by atoms with Crippen molar-refractivity contribution in [3.8, 4) is 0 Å². The third kappa shape index (κ3) is 4.95. The summed E-state index contributed by atoms with van der Waals surface area (Å²) in [6.45, 7) is 1.25. The van der Waals surface area contributed by atoms with Gasteiger partial charge in [-0.25, -0.2) is 0 Å². The molecule has 2 rings (SSSR count). The Morgan fingerprint density at radius 1 is 0.917 bits per heavy atom. The van der Waals surface area contributed by atoms with Crippen molar-refractivity contribution < 1.29 is 19.1 Å². The summed E-state index contributed by atoms with van der Waals surface area (Å²) in [4.78, 5) is 35.3. The van der Waals surface area contributed by atoms with E-state index in [9.17, 15) is 14.4 Å². The van der Waals surface area contributed by atoms with Crippen molar-refractivity contribution in [3.63, 3.8) is 0 Å². The van der Waals surface area contributed by atoms with Gasteiger partial charge in [0.25, 0.3) is 11.8 Å². The Bertz CT molecular complexity index is 729. The van der Waals surface area contributed by atoms with Gasteiger partial charge < -0.3 is 15.4 Å². The number of anilines is 2. The smallest absolute Gasteiger partial charge is 0.306 e. The molecule has 2 aromatic rings. The van der Waals surface area contributed by atoms with E-state index in [1.807, 2.05) is 18.2 Å². The summed E-state index contributed by atoms with van der Waals surface area (Å²) >= 11 is 0. The van der Waals surface area contributed by atoms with E-state index in [0.29, 0.717) is 16.9 Å². The number of carbonyl (C=O) groups is 3. The molecular formula is C18H18N2O4. The van der Waals surface area contributed by atoms with Crippen molar-refractivity contribution >= 4 is 29.2 Å². The number of hydrogen-bond donors (Lipinski definition) is 2. The fourth-order valence-corrected chi connectivity index (χ4v) is 1.94. The Balaban J connectivity index is 2.05. The van der Waals surface area contributed by atoms with Gasteiger partial charge in [-0.1, -0.05) is 37.3 Å². The Labute approximate surface area is 139 Å². The van der Waals surface area contributed by atoms with Crippen LogP contribution in [0.1, 0.15) is 23.7 Å². The molecule has 0 aromatic heterocycles. The molecule has 24 heavy (non-hydrogen) atoms. The maximum absolute atomic E-state index is 12.4. The fraction of sp³-hybridized carbons (Fsp3) is 0.167. The van der Waals surface area contributed by atoms with Crippen LogP contribution in [0.5, 0.6) is 0 Å². The summed E-state index contributed by atoms with van der Waals surface area (Å²) in [7, 11) is 0. The second-order valence-electron chi connectivity index (χ2n) is 4.93. The van der Waals surface area contributed by atoms with Gasteiger partial charge in [0.1, 0.15) is 0 Å². The summed E-state index contributed by atoms with van der Waals surface area (Å²) in [6, 6.07) is 15.6. The molecule has 2 aromatic carbocycles. The largest absolute Gasteiger partial charge is 0.456 e. The zero-order valence-corrected chi connectivity index (χ0v) is 13.2. The Morgan fingerprint density at radius 2 is 1.58 bits per heavy atom. The van der Waals surface area contributed by atoms with Gasteiger partial charge in [-0.3, -0.25) is 14.4 Å². The number of nitrogens with one attached hydrogen (secondary N) is 2. The summed E-state index contributed by atoms with van der Waals surface area (Å²) in [5.41, 5.74) is 1.32. The van der Waals surface area contributed by atoms with Gasteiger partial charge in [0.2, 0.25) is 0 Å². The van der Waals surface area contributed by atoms with Crippen LogP contribution in [0.15, 0.2) is 54.6 Å². The van der Waals surface area contributed by atoms with Crippen LogP contribution in [-0.4, -0.2) is 24.4 Å². The third-order valence-electron chi connectivity index (χ3n) is 3.13. The molecule has 6 nitrogen and oxygen atoms in total. The highest BCUT2D eigenvalue weighted by atomic mass is 16.5. The number of hydrogen-bond acceptors (Lipinski definition) is 4. The van der Waals surface area contributed by atoms with Crippen LogP contribution in [-0.2, 0) is 14.3 Å². The van der Waals surface area contributed by atoms with E-state index >= 15 is 0 Å². The monoisotopic (exact) mass is 326 g/mol. The van der Waals surface area contributed by atoms with Crippen molar-refractivity contribution in [1.82, 2.24) is 0 Å². The third-order valence-corrected chi connectivity index (χ3v) is 3.13. The molecule has 0 unspecified atom stereocenters. The normalized spacial score (nSPS) is 9.88. The van der Waals surface area contributed by atoms with E-state index in [0.717, 1.165) is 0 Å². The Morgan fingerprint density at radius 3 is 2.29 bits per heavy atom. The van der Waals surface area contributed by atoms with Gasteiger partial charge in [-0.05, 0) is 24.3 Å². The first-order valence-electron chi connectivity index (χ1n) is 7.51. The fourth-order valence-electron chi connectivity index (χ4n) is 1.94. The van der Waals surface area contributed by atoms with Crippen LogP contribution >= 0.6 is 0 Å². The summed E-state index contributed by atoms with van der Waals surface area (Å²) < 4.78 is 4.77. The molecule has 2 amide bonds. The number of ether oxygens (including phenoxy) is 1. The van der Waals surface area contributed by atoms with Crippen molar-refractivity contribution in [2.24, 2.45) is 0 Å². The second kappa shape index (κ2) is 8.47. The van der Waals surface area contributed by atoms with E-state index in [2.05, 4.69) is 10.6 Å². The highest BCUT2D eigenvalue weighted by Gasteiger charge is 2.14. The lowest BCUT2D eigenvalue weighted by Gasteiger charge is -2.11. The molecule has 0 atom stereocenters. The molecule has 2 N–H and O–H groups in total. The van der Waals surface area contributed by atoms with Gasteiger partial charge in [0.15, 0.2) is 6.61 Å². The number of benzene rings is 2. The molecule has 0 aliphatic heterocycles. The topological polar surface area (TPSA) is 84.5 Å². The SMILES string of the molecule is CCC(=O)OCC(=O)Nc1ccccc1C(=O)Nc1ccccc1. The average Bonchev–Trinajstić information content (AvgIpc) is 2.61. The molecule has 0 heterocycles. The zero-order chi connectivity index (χ0) is 17.4. The van der Waals surface area contributed by atoms with E-state index in [4.69, 9.17) is 4.74 Å². The van der Waals surface area contributed by atoms with E-state index in [-0.39, 0.29) is 18.9 Å². The van der Waals surface area contributed by atoms with Crippen LogP contribution in [0.3, 0.4) is 0 Å². The lowest BCUT2D eigenvalue weighted by molar-refractivity contribution is -0.146. The van der Waals surface area contributed by atoms with Crippen LogP contribution < -0.4 is 10.6 Å². The van der Waals surface area contributed by atoms with E-state index < -0.39 is 11.9 Å². The number of para-hydroxylation sites is 2. The second-order valence-corrected chi connectivity index (χ2v) is 4.93. The molecule has 0 radical (unpaired) electrons. The minimum absolute atomic E-state index is 0.198. The summed E-state index contributed by atoms with van der Waals surface area (Å²) in [5, 5.41) is 5.34. The van der Waals surface area contributed by atoms with Gasteiger partial charge >= 0.3 is 5.97 Å². The maximum Gasteiger partial charge on any atom is 0.306 e.